The molecular weight excluding hydrogens is 302 g/mol. The van der Waals surface area contributed by atoms with Crippen LogP contribution in [0.5, 0.6) is 0 Å². The SMILES string of the molecule is C.C.CP1C2CCCC1CCC2.CP1C2CCCCC1CC2. The van der Waals surface area contributed by atoms with E-state index >= 15 is 0 Å². The maximum Gasteiger partial charge on any atom is -0.0209 e. The second kappa shape index (κ2) is 9.99. The Morgan fingerprint density at radius 1 is 0.455 bits per heavy atom. The van der Waals surface area contributed by atoms with Gasteiger partial charge in [0.05, 0.1) is 0 Å². The Morgan fingerprint density at radius 3 is 1.09 bits per heavy atom. The molecule has 0 radical (unpaired) electrons. The highest BCUT2D eigenvalue weighted by molar-refractivity contribution is 7.58. The third-order valence-electron chi connectivity index (χ3n) is 6.61. The molecule has 4 saturated heterocycles. The Balaban J connectivity index is 0.000000202. The van der Waals surface area contributed by atoms with Crippen LogP contribution in [0, 0.1) is 0 Å². The topological polar surface area (TPSA) is 0 Å². The van der Waals surface area contributed by atoms with Gasteiger partial charge in [-0.25, -0.2) is 0 Å². The van der Waals surface area contributed by atoms with E-state index < -0.39 is 0 Å². The van der Waals surface area contributed by atoms with Crippen molar-refractivity contribution in [2.24, 2.45) is 0 Å². The van der Waals surface area contributed by atoms with E-state index in [0.717, 1.165) is 0 Å². The fourth-order valence-corrected chi connectivity index (χ4v) is 11.0. The Morgan fingerprint density at radius 2 is 0.727 bits per heavy atom. The lowest BCUT2D eigenvalue weighted by molar-refractivity contribution is 0.477. The van der Waals surface area contributed by atoms with Gasteiger partial charge in [-0.2, -0.15) is 0 Å². The minimum atomic E-state index is 0. The second-order valence-electron chi connectivity index (χ2n) is 7.67. The molecule has 4 aliphatic heterocycles. The first-order valence-electron chi connectivity index (χ1n) is 9.19. The molecule has 4 heterocycles. The summed E-state index contributed by atoms with van der Waals surface area (Å²) < 4.78 is 0. The first-order valence-corrected chi connectivity index (χ1v) is 13.0. The van der Waals surface area contributed by atoms with E-state index in [9.17, 15) is 0 Å². The third kappa shape index (κ3) is 4.93. The molecule has 0 aromatic heterocycles. The zero-order valence-corrected chi connectivity index (χ0v) is 15.5. The maximum atomic E-state index is 2.54. The molecule has 0 aromatic rings. The quantitative estimate of drug-likeness (QED) is 0.395. The largest absolute Gasteiger partial charge is 0.104 e. The lowest BCUT2D eigenvalue weighted by Crippen LogP contribution is -2.25. The molecule has 4 aliphatic rings. The highest BCUT2D eigenvalue weighted by Gasteiger charge is 2.33. The minimum absolute atomic E-state index is 0. The summed E-state index contributed by atoms with van der Waals surface area (Å²) in [6, 6.07) is 0. The summed E-state index contributed by atoms with van der Waals surface area (Å²) in [5.74, 6) is 0. The van der Waals surface area contributed by atoms with E-state index in [1.165, 1.54) is 35.5 Å². The number of hydrogen-bond donors (Lipinski definition) is 0. The summed E-state index contributed by atoms with van der Waals surface area (Å²) in [6.45, 7) is 5.09. The van der Waals surface area contributed by atoms with Crippen molar-refractivity contribution in [2.45, 2.75) is 115 Å². The van der Waals surface area contributed by atoms with E-state index in [1.807, 2.05) is 0 Å². The molecule has 0 saturated carbocycles. The molecule has 132 valence electrons. The van der Waals surface area contributed by atoms with Crippen molar-refractivity contribution in [3.05, 3.63) is 0 Å². The highest BCUT2D eigenvalue weighted by atomic mass is 31.1. The van der Waals surface area contributed by atoms with Gasteiger partial charge in [0.15, 0.2) is 0 Å². The fourth-order valence-electron chi connectivity index (χ4n) is 5.13. The summed E-state index contributed by atoms with van der Waals surface area (Å²) in [5.41, 5.74) is 4.73. The van der Waals surface area contributed by atoms with Gasteiger partial charge in [0.1, 0.15) is 0 Å². The van der Waals surface area contributed by atoms with Crippen molar-refractivity contribution in [1.29, 1.82) is 0 Å². The molecule has 0 amide bonds. The monoisotopic (exact) mass is 344 g/mol. The summed E-state index contributed by atoms with van der Waals surface area (Å²) >= 11 is 0. The zero-order chi connectivity index (χ0) is 13.9. The molecule has 4 fully saturated rings. The predicted octanol–water partition coefficient (Wildman–Crippen LogP) is 7.68. The molecule has 0 spiro atoms. The van der Waals surface area contributed by atoms with Crippen LogP contribution >= 0.6 is 15.8 Å². The minimum Gasteiger partial charge on any atom is -0.104 e. The van der Waals surface area contributed by atoms with E-state index in [1.54, 1.807) is 64.2 Å². The Bertz CT molecular complexity index is 257. The molecule has 4 rings (SSSR count). The molecule has 0 N–H and O–H groups in total. The Labute approximate surface area is 144 Å². The van der Waals surface area contributed by atoms with Crippen molar-refractivity contribution < 1.29 is 0 Å². The van der Waals surface area contributed by atoms with Gasteiger partial charge in [-0.3, -0.25) is 0 Å². The van der Waals surface area contributed by atoms with Crippen molar-refractivity contribution in [3.63, 3.8) is 0 Å². The third-order valence-corrected chi connectivity index (χ3v) is 13.3. The van der Waals surface area contributed by atoms with E-state index in [0.29, 0.717) is 15.8 Å². The van der Waals surface area contributed by atoms with Gasteiger partial charge in [-0.05, 0) is 87.3 Å². The second-order valence-corrected chi connectivity index (χ2v) is 13.3. The zero-order valence-electron chi connectivity index (χ0n) is 13.7. The van der Waals surface area contributed by atoms with Gasteiger partial charge >= 0.3 is 0 Å². The van der Waals surface area contributed by atoms with E-state index in [-0.39, 0.29) is 14.9 Å². The molecule has 2 atom stereocenters. The van der Waals surface area contributed by atoms with Gasteiger partial charge in [0.25, 0.3) is 0 Å². The van der Waals surface area contributed by atoms with Crippen LogP contribution in [0.15, 0.2) is 0 Å². The first kappa shape index (κ1) is 20.9. The Hall–Kier alpha value is 0.860. The molecule has 0 nitrogen and oxygen atoms in total. The van der Waals surface area contributed by atoms with Crippen LogP contribution in [-0.4, -0.2) is 36.0 Å². The summed E-state index contributed by atoms with van der Waals surface area (Å²) in [4.78, 5) is 0. The van der Waals surface area contributed by atoms with Crippen LogP contribution < -0.4 is 0 Å². The van der Waals surface area contributed by atoms with Gasteiger partial charge in [0, 0.05) is 0 Å². The summed E-state index contributed by atoms with van der Waals surface area (Å²) in [5, 5.41) is 0. The number of rotatable bonds is 0. The maximum absolute atomic E-state index is 2.54. The van der Waals surface area contributed by atoms with E-state index in [4.69, 9.17) is 0 Å². The van der Waals surface area contributed by atoms with Crippen LogP contribution in [0.1, 0.15) is 91.9 Å². The van der Waals surface area contributed by atoms with Crippen LogP contribution in [0.25, 0.3) is 0 Å². The van der Waals surface area contributed by atoms with Crippen molar-refractivity contribution in [2.75, 3.05) is 13.3 Å². The van der Waals surface area contributed by atoms with Gasteiger partial charge in [-0.1, -0.05) is 40.5 Å². The average Bonchev–Trinajstić information content (AvgIpc) is 2.62. The predicted molar refractivity (Wildman–Crippen MR) is 110 cm³/mol. The molecule has 0 aliphatic carbocycles. The highest BCUT2D eigenvalue weighted by Crippen LogP contribution is 2.58. The van der Waals surface area contributed by atoms with Crippen LogP contribution in [0.2, 0.25) is 0 Å². The fraction of sp³-hybridized carbons (Fsp3) is 1.00. The standard InChI is InChI=1S/2C9H17P.2CH4/c1-10-8-4-2-5-9(10)7-3-6-8;1-10-8-4-2-3-5-9(10)7-6-8;;/h2*8-9H,2-7H2,1H3;2*1H4. The van der Waals surface area contributed by atoms with Crippen molar-refractivity contribution in [1.82, 2.24) is 0 Å². The molecule has 0 aromatic carbocycles. The number of hydrogen-bond acceptors (Lipinski definition) is 0. The van der Waals surface area contributed by atoms with Gasteiger partial charge < -0.3 is 0 Å². The molecule has 2 heteroatoms. The van der Waals surface area contributed by atoms with Crippen molar-refractivity contribution >= 4 is 15.8 Å². The molecule has 2 unspecified atom stereocenters. The lowest BCUT2D eigenvalue weighted by atomic mass is 9.99. The molecular formula is C20H42P2. The first-order chi connectivity index (χ1) is 9.75. The Kier molecular flexibility index (Phi) is 9.49. The van der Waals surface area contributed by atoms with Crippen LogP contribution in [-0.2, 0) is 0 Å². The summed E-state index contributed by atoms with van der Waals surface area (Å²) in [7, 11) is 0.941. The normalized spacial score (nSPS) is 42.8. The van der Waals surface area contributed by atoms with Crippen LogP contribution in [0.3, 0.4) is 0 Å². The smallest absolute Gasteiger partial charge is 0.0209 e. The van der Waals surface area contributed by atoms with Gasteiger partial charge in [0.2, 0.25) is 0 Å². The average molecular weight is 345 g/mol. The number of fused-ring (bicyclic) bond motifs is 4. The lowest BCUT2D eigenvalue weighted by Gasteiger charge is -2.41. The summed E-state index contributed by atoms with van der Waals surface area (Å²) in [6.07, 6.45) is 18.7. The van der Waals surface area contributed by atoms with Gasteiger partial charge in [-0.15, -0.1) is 15.8 Å². The molecule has 22 heavy (non-hydrogen) atoms. The van der Waals surface area contributed by atoms with Crippen molar-refractivity contribution in [3.8, 4) is 0 Å². The van der Waals surface area contributed by atoms with Crippen LogP contribution in [0.4, 0.5) is 0 Å². The van der Waals surface area contributed by atoms with E-state index in [2.05, 4.69) is 13.3 Å². The molecule has 4 bridgehead atoms.